The molecule has 0 amide bonds. The van der Waals surface area contributed by atoms with Crippen molar-refractivity contribution >= 4 is 69.7 Å². The van der Waals surface area contributed by atoms with Crippen LogP contribution in [0.5, 0.6) is 0 Å². The molecule has 0 saturated carbocycles. The van der Waals surface area contributed by atoms with E-state index in [9.17, 15) is 0 Å². The van der Waals surface area contributed by atoms with Gasteiger partial charge >= 0.3 is 0 Å². The van der Waals surface area contributed by atoms with Gasteiger partial charge in [-0.15, -0.1) is 20.4 Å². The zero-order chi connectivity index (χ0) is 22.3. The molecule has 2 atom stereocenters. The fourth-order valence-electron chi connectivity index (χ4n) is 2.93. The molecule has 31 heavy (non-hydrogen) atoms. The van der Waals surface area contributed by atoms with Gasteiger partial charge in [-0.2, -0.15) is 0 Å². The lowest BCUT2D eigenvalue weighted by Crippen LogP contribution is -2.01. The van der Waals surface area contributed by atoms with Gasteiger partial charge in [0.05, 0.1) is 5.08 Å². The maximum atomic E-state index is 4.38. The molecular weight excluding hydrogens is 501 g/mol. The Morgan fingerprint density at radius 1 is 0.613 bits per heavy atom. The molecule has 0 N–H and O–H groups in total. The first kappa shape index (κ1) is 27.8. The van der Waals surface area contributed by atoms with Gasteiger partial charge in [-0.1, -0.05) is 136 Å². The lowest BCUT2D eigenvalue weighted by molar-refractivity contribution is 0.499. The number of nitrogens with zero attached hydrogens (tertiary/aromatic N) is 4. The van der Waals surface area contributed by atoms with Gasteiger partial charge in [0.1, 0.15) is 0 Å². The van der Waals surface area contributed by atoms with Gasteiger partial charge in [0.2, 0.25) is 0 Å². The molecule has 4 nitrogen and oxygen atoms in total. The standard InChI is InChI=1S/C21H36N4S6/c1-5-9-11-16(7-3)13-26-18-22-24-20(30-18)28-15-29-21-25-23-19(31-21)27-14-17(8-4)12-10-6-2/h16-17H,5-15H2,1-4H3. The van der Waals surface area contributed by atoms with E-state index in [1.54, 1.807) is 46.2 Å². The van der Waals surface area contributed by atoms with E-state index in [0.717, 1.165) is 45.8 Å². The smallest absolute Gasteiger partial charge is 0.131 e. The van der Waals surface area contributed by atoms with Crippen molar-refractivity contribution in [1.82, 2.24) is 20.4 Å². The van der Waals surface area contributed by atoms with Gasteiger partial charge in [0.25, 0.3) is 0 Å². The molecule has 2 aromatic heterocycles. The minimum atomic E-state index is 0.796. The molecule has 0 bridgehead atoms. The summed E-state index contributed by atoms with van der Waals surface area (Å²) in [6, 6.07) is 0. The number of aromatic nitrogens is 4. The van der Waals surface area contributed by atoms with Crippen LogP contribution in [0.4, 0.5) is 0 Å². The van der Waals surface area contributed by atoms with Crippen molar-refractivity contribution in [3.05, 3.63) is 0 Å². The Morgan fingerprint density at radius 2 is 1.00 bits per heavy atom. The molecular formula is C21H36N4S6. The minimum absolute atomic E-state index is 0.796. The van der Waals surface area contributed by atoms with E-state index in [1.807, 2.05) is 23.5 Å². The Bertz CT molecular complexity index is 649. The Morgan fingerprint density at radius 3 is 1.35 bits per heavy atom. The monoisotopic (exact) mass is 536 g/mol. The molecule has 10 heteroatoms. The predicted octanol–water partition coefficient (Wildman–Crippen LogP) is 8.85. The van der Waals surface area contributed by atoms with Crippen LogP contribution in [0.15, 0.2) is 17.4 Å². The third kappa shape index (κ3) is 11.5. The molecule has 0 radical (unpaired) electrons. The molecule has 0 saturated heterocycles. The minimum Gasteiger partial charge on any atom is -0.131 e. The molecule has 0 aliphatic rings. The summed E-state index contributed by atoms with van der Waals surface area (Å²) >= 11 is 10.7. The maximum Gasteiger partial charge on any atom is 0.175 e. The Kier molecular flexibility index (Phi) is 15.3. The predicted molar refractivity (Wildman–Crippen MR) is 144 cm³/mol. The molecule has 0 spiro atoms. The van der Waals surface area contributed by atoms with Gasteiger partial charge in [-0.25, -0.2) is 0 Å². The van der Waals surface area contributed by atoms with Crippen molar-refractivity contribution in [2.75, 3.05) is 16.6 Å². The summed E-state index contributed by atoms with van der Waals surface area (Å²) in [7, 11) is 0. The van der Waals surface area contributed by atoms with E-state index < -0.39 is 0 Å². The number of thioether (sulfide) groups is 4. The summed E-state index contributed by atoms with van der Waals surface area (Å²) in [5.41, 5.74) is 0. The number of unbranched alkanes of at least 4 members (excludes halogenated alkanes) is 2. The third-order valence-corrected chi connectivity index (χ3v) is 12.1. The summed E-state index contributed by atoms with van der Waals surface area (Å²) in [6.45, 7) is 9.13. The molecule has 176 valence electrons. The SMILES string of the molecule is CCCCC(CC)CSc1nnc(SCSc2nnc(SCC(CC)CCCC)s2)s1. The van der Waals surface area contributed by atoms with E-state index in [2.05, 4.69) is 48.1 Å². The average molecular weight is 537 g/mol. The molecule has 0 aromatic carbocycles. The normalized spacial score (nSPS) is 13.5. The summed E-state index contributed by atoms with van der Waals surface area (Å²) < 4.78 is 4.31. The lowest BCUT2D eigenvalue weighted by Gasteiger charge is -2.12. The number of rotatable bonds is 18. The number of hydrogen-bond donors (Lipinski definition) is 0. The second-order valence-corrected chi connectivity index (χ2v) is 14.8. The fraction of sp³-hybridized carbons (Fsp3) is 0.810. The largest absolute Gasteiger partial charge is 0.175 e. The van der Waals surface area contributed by atoms with E-state index >= 15 is 0 Å². The van der Waals surface area contributed by atoms with Crippen LogP contribution in [0.3, 0.4) is 0 Å². The molecule has 2 heterocycles. The maximum absolute atomic E-state index is 4.38. The Hall–Kier alpha value is 0.520. The van der Waals surface area contributed by atoms with Crippen LogP contribution < -0.4 is 0 Å². The van der Waals surface area contributed by atoms with Crippen molar-refractivity contribution in [1.29, 1.82) is 0 Å². The van der Waals surface area contributed by atoms with Crippen LogP contribution in [0, 0.1) is 11.8 Å². The van der Waals surface area contributed by atoms with Crippen molar-refractivity contribution in [3.8, 4) is 0 Å². The topological polar surface area (TPSA) is 51.6 Å². The summed E-state index contributed by atoms with van der Waals surface area (Å²) in [6.07, 6.45) is 10.4. The first-order chi connectivity index (χ1) is 15.2. The zero-order valence-corrected chi connectivity index (χ0v) is 24.1. The van der Waals surface area contributed by atoms with Crippen LogP contribution in [0.25, 0.3) is 0 Å². The van der Waals surface area contributed by atoms with Crippen molar-refractivity contribution in [3.63, 3.8) is 0 Å². The molecule has 0 aliphatic heterocycles. The van der Waals surface area contributed by atoms with Gasteiger partial charge in [0.15, 0.2) is 17.4 Å². The van der Waals surface area contributed by atoms with Crippen molar-refractivity contribution in [2.45, 2.75) is 96.4 Å². The Balaban J connectivity index is 1.67. The molecule has 2 rings (SSSR count). The molecule has 2 aromatic rings. The third-order valence-electron chi connectivity index (χ3n) is 5.11. The highest BCUT2D eigenvalue weighted by Crippen LogP contribution is 2.36. The van der Waals surface area contributed by atoms with Crippen LogP contribution in [0.1, 0.15) is 79.1 Å². The van der Waals surface area contributed by atoms with Crippen LogP contribution in [0.2, 0.25) is 0 Å². The molecule has 2 unspecified atom stereocenters. The van der Waals surface area contributed by atoms with E-state index in [0.29, 0.717) is 0 Å². The fourth-order valence-corrected chi connectivity index (χ4v) is 10.0. The zero-order valence-electron chi connectivity index (χ0n) is 19.2. The highest BCUT2D eigenvalue weighted by molar-refractivity contribution is 8.17. The quantitative estimate of drug-likeness (QED) is 0.138. The van der Waals surface area contributed by atoms with Crippen molar-refractivity contribution in [2.24, 2.45) is 11.8 Å². The van der Waals surface area contributed by atoms with E-state index in [-0.39, 0.29) is 0 Å². The van der Waals surface area contributed by atoms with Crippen LogP contribution in [-0.4, -0.2) is 37.0 Å². The van der Waals surface area contributed by atoms with Crippen LogP contribution >= 0.6 is 69.7 Å². The summed E-state index contributed by atoms with van der Waals surface area (Å²) in [4.78, 5) is 0. The van der Waals surface area contributed by atoms with Gasteiger partial charge in [-0.3, -0.25) is 0 Å². The first-order valence-corrected chi connectivity index (χ1v) is 16.9. The van der Waals surface area contributed by atoms with Gasteiger partial charge < -0.3 is 0 Å². The first-order valence-electron chi connectivity index (χ1n) is 11.4. The average Bonchev–Trinajstić information content (AvgIpc) is 3.43. The second-order valence-electron chi connectivity index (χ2n) is 7.53. The summed E-state index contributed by atoms with van der Waals surface area (Å²) in [5, 5.41) is 18.4. The molecule has 0 aliphatic carbocycles. The highest BCUT2D eigenvalue weighted by Gasteiger charge is 2.13. The Labute approximate surface area is 213 Å². The highest BCUT2D eigenvalue weighted by atomic mass is 32.2. The van der Waals surface area contributed by atoms with Crippen molar-refractivity contribution < 1.29 is 0 Å². The van der Waals surface area contributed by atoms with Crippen LogP contribution in [-0.2, 0) is 0 Å². The molecule has 0 fully saturated rings. The number of hydrogen-bond acceptors (Lipinski definition) is 10. The lowest BCUT2D eigenvalue weighted by atomic mass is 10.0. The van der Waals surface area contributed by atoms with Gasteiger partial charge in [0, 0.05) is 11.5 Å². The summed E-state index contributed by atoms with van der Waals surface area (Å²) in [5.74, 6) is 3.91. The van der Waals surface area contributed by atoms with E-state index in [1.165, 1.54) is 51.4 Å². The second kappa shape index (κ2) is 17.0. The van der Waals surface area contributed by atoms with Gasteiger partial charge in [-0.05, 0) is 24.7 Å². The van der Waals surface area contributed by atoms with E-state index in [4.69, 9.17) is 0 Å².